The Morgan fingerprint density at radius 2 is 2.04 bits per heavy atom. The number of aliphatic hydroxyl groups excluding tert-OH is 1. The SMILES string of the molecule is CC[C@H]1C=C(C(=O)N[C@H](C(=O)O)[C@@H](C)CC)[C@H]2CC[C@H](O)[C@H]2C1. The highest BCUT2D eigenvalue weighted by molar-refractivity contribution is 5.96. The number of amides is 1. The van der Waals surface area contributed by atoms with Crippen LogP contribution in [0.25, 0.3) is 0 Å². The normalized spacial score (nSPS) is 32.6. The Labute approximate surface area is 138 Å². The number of fused-ring (bicyclic) bond motifs is 1. The molecule has 1 fully saturated rings. The maximum Gasteiger partial charge on any atom is 0.326 e. The van der Waals surface area contributed by atoms with Crippen molar-refractivity contribution in [3.63, 3.8) is 0 Å². The maximum atomic E-state index is 12.7. The highest BCUT2D eigenvalue weighted by Crippen LogP contribution is 2.45. The number of rotatable bonds is 6. The van der Waals surface area contributed by atoms with Crippen LogP contribution in [0.1, 0.15) is 52.9 Å². The van der Waals surface area contributed by atoms with Crippen molar-refractivity contribution in [2.75, 3.05) is 0 Å². The summed E-state index contributed by atoms with van der Waals surface area (Å²) in [6, 6.07) is -0.861. The van der Waals surface area contributed by atoms with Gasteiger partial charge >= 0.3 is 5.97 Å². The first-order valence-corrected chi connectivity index (χ1v) is 8.82. The molecule has 5 nitrogen and oxygen atoms in total. The van der Waals surface area contributed by atoms with Gasteiger partial charge in [0.15, 0.2) is 0 Å². The number of nitrogens with one attached hydrogen (secondary N) is 1. The Balaban J connectivity index is 2.18. The van der Waals surface area contributed by atoms with E-state index in [0.717, 1.165) is 25.7 Å². The molecule has 0 aliphatic heterocycles. The first kappa shape index (κ1) is 18.0. The molecule has 23 heavy (non-hydrogen) atoms. The molecule has 1 amide bonds. The molecule has 3 N–H and O–H groups in total. The number of allylic oxidation sites excluding steroid dienone is 1. The van der Waals surface area contributed by atoms with Crippen LogP contribution in [0.5, 0.6) is 0 Å². The van der Waals surface area contributed by atoms with Crippen molar-refractivity contribution >= 4 is 11.9 Å². The maximum absolute atomic E-state index is 12.7. The molecular formula is C18H29NO4. The number of carbonyl (C=O) groups excluding carboxylic acids is 1. The van der Waals surface area contributed by atoms with Crippen LogP contribution >= 0.6 is 0 Å². The van der Waals surface area contributed by atoms with Gasteiger partial charge in [0.25, 0.3) is 0 Å². The molecule has 0 unspecified atom stereocenters. The Kier molecular flexibility index (Phi) is 5.84. The molecule has 0 saturated heterocycles. The van der Waals surface area contributed by atoms with E-state index in [-0.39, 0.29) is 35.7 Å². The second-order valence-corrected chi connectivity index (χ2v) is 7.12. The van der Waals surface area contributed by atoms with E-state index in [9.17, 15) is 19.8 Å². The van der Waals surface area contributed by atoms with E-state index in [1.807, 2.05) is 19.9 Å². The van der Waals surface area contributed by atoms with E-state index in [1.165, 1.54) is 0 Å². The van der Waals surface area contributed by atoms with E-state index < -0.39 is 12.0 Å². The Bertz CT molecular complexity index is 487. The Morgan fingerprint density at radius 3 is 2.61 bits per heavy atom. The summed E-state index contributed by atoms with van der Waals surface area (Å²) in [4.78, 5) is 24.2. The zero-order chi connectivity index (χ0) is 17.1. The molecule has 0 aromatic rings. The summed E-state index contributed by atoms with van der Waals surface area (Å²) in [6.45, 7) is 5.84. The van der Waals surface area contributed by atoms with Crippen molar-refractivity contribution in [3.8, 4) is 0 Å². The average molecular weight is 323 g/mol. The number of aliphatic hydroxyl groups is 1. The van der Waals surface area contributed by atoms with Crippen molar-refractivity contribution in [2.45, 2.75) is 65.0 Å². The molecular weight excluding hydrogens is 294 g/mol. The molecule has 5 heteroatoms. The lowest BCUT2D eigenvalue weighted by molar-refractivity contribution is -0.142. The number of hydrogen-bond donors (Lipinski definition) is 3. The lowest BCUT2D eigenvalue weighted by Crippen LogP contribution is -2.47. The fraction of sp³-hybridized carbons (Fsp3) is 0.778. The van der Waals surface area contributed by atoms with Crippen LogP contribution in [0.4, 0.5) is 0 Å². The third-order valence-electron chi connectivity index (χ3n) is 5.73. The van der Waals surface area contributed by atoms with Gasteiger partial charge < -0.3 is 15.5 Å². The zero-order valence-corrected chi connectivity index (χ0v) is 14.3. The smallest absolute Gasteiger partial charge is 0.326 e. The Hall–Kier alpha value is -1.36. The topological polar surface area (TPSA) is 86.6 Å². The fourth-order valence-electron chi connectivity index (χ4n) is 3.99. The van der Waals surface area contributed by atoms with Crippen molar-refractivity contribution in [1.82, 2.24) is 5.32 Å². The van der Waals surface area contributed by atoms with Gasteiger partial charge in [-0.2, -0.15) is 0 Å². The Morgan fingerprint density at radius 1 is 1.35 bits per heavy atom. The van der Waals surface area contributed by atoms with Crippen LogP contribution < -0.4 is 5.32 Å². The van der Waals surface area contributed by atoms with Gasteiger partial charge in [-0.3, -0.25) is 4.79 Å². The molecule has 6 atom stereocenters. The van der Waals surface area contributed by atoms with E-state index in [0.29, 0.717) is 12.0 Å². The molecule has 130 valence electrons. The molecule has 2 aliphatic rings. The van der Waals surface area contributed by atoms with Gasteiger partial charge in [-0.05, 0) is 49.4 Å². The van der Waals surface area contributed by atoms with Crippen LogP contribution in [-0.2, 0) is 9.59 Å². The van der Waals surface area contributed by atoms with Gasteiger partial charge in [-0.1, -0.05) is 33.3 Å². The van der Waals surface area contributed by atoms with Crippen molar-refractivity contribution in [2.24, 2.45) is 23.7 Å². The number of hydrogen-bond acceptors (Lipinski definition) is 3. The minimum Gasteiger partial charge on any atom is -0.480 e. The van der Waals surface area contributed by atoms with Gasteiger partial charge in [0.05, 0.1) is 6.10 Å². The van der Waals surface area contributed by atoms with E-state index >= 15 is 0 Å². The summed E-state index contributed by atoms with van der Waals surface area (Å²) in [6.07, 6.45) is 5.76. The lowest BCUT2D eigenvalue weighted by Gasteiger charge is -2.33. The summed E-state index contributed by atoms with van der Waals surface area (Å²) >= 11 is 0. The van der Waals surface area contributed by atoms with Crippen LogP contribution in [0.2, 0.25) is 0 Å². The van der Waals surface area contributed by atoms with Crippen molar-refractivity contribution in [1.29, 1.82) is 0 Å². The molecule has 2 rings (SSSR count). The molecule has 2 aliphatic carbocycles. The van der Waals surface area contributed by atoms with Crippen molar-refractivity contribution in [3.05, 3.63) is 11.6 Å². The highest BCUT2D eigenvalue weighted by atomic mass is 16.4. The summed E-state index contributed by atoms with van der Waals surface area (Å²) in [7, 11) is 0. The third kappa shape index (κ3) is 3.77. The molecule has 0 radical (unpaired) electrons. The predicted molar refractivity (Wildman–Crippen MR) is 87.7 cm³/mol. The van der Waals surface area contributed by atoms with Gasteiger partial charge in [0, 0.05) is 5.57 Å². The first-order chi connectivity index (χ1) is 10.9. The summed E-state index contributed by atoms with van der Waals surface area (Å²) in [5.41, 5.74) is 0.694. The quantitative estimate of drug-likeness (QED) is 0.700. The zero-order valence-electron chi connectivity index (χ0n) is 14.3. The minimum atomic E-state index is -0.987. The molecule has 0 aromatic carbocycles. The molecule has 0 heterocycles. The van der Waals surface area contributed by atoms with Crippen molar-refractivity contribution < 1.29 is 19.8 Å². The first-order valence-electron chi connectivity index (χ1n) is 8.82. The predicted octanol–water partition coefficient (Wildman–Crippen LogP) is 2.35. The monoisotopic (exact) mass is 323 g/mol. The number of aliphatic carboxylic acids is 1. The third-order valence-corrected chi connectivity index (χ3v) is 5.73. The molecule has 0 aromatic heterocycles. The minimum absolute atomic E-state index is 0.0687. The van der Waals surface area contributed by atoms with Gasteiger partial charge in [-0.25, -0.2) is 4.79 Å². The number of carbonyl (C=O) groups is 2. The summed E-state index contributed by atoms with van der Waals surface area (Å²) < 4.78 is 0. The van der Waals surface area contributed by atoms with E-state index in [1.54, 1.807) is 0 Å². The summed E-state index contributed by atoms with van der Waals surface area (Å²) in [5, 5.41) is 22.3. The van der Waals surface area contributed by atoms with Crippen LogP contribution in [0.3, 0.4) is 0 Å². The van der Waals surface area contributed by atoms with E-state index in [4.69, 9.17) is 0 Å². The second kappa shape index (κ2) is 7.47. The number of carboxylic acid groups (broad SMARTS) is 1. The second-order valence-electron chi connectivity index (χ2n) is 7.12. The standard InChI is InChI=1S/C18H29NO4/c1-4-10(3)16(18(22)23)19-17(21)14-9-11(5-2)8-13-12(14)6-7-15(13)20/h9-13,15-16,20H,4-8H2,1-3H3,(H,19,21)(H,22,23)/t10-,11+,12-,13-,15-,16-/m0/s1. The molecule has 1 saturated carbocycles. The van der Waals surface area contributed by atoms with Crippen LogP contribution in [0.15, 0.2) is 11.6 Å². The fourth-order valence-corrected chi connectivity index (χ4v) is 3.99. The highest BCUT2D eigenvalue weighted by Gasteiger charge is 2.43. The summed E-state index contributed by atoms with van der Waals surface area (Å²) in [5.74, 6) is -0.875. The molecule has 0 spiro atoms. The van der Waals surface area contributed by atoms with E-state index in [2.05, 4.69) is 12.2 Å². The lowest BCUT2D eigenvalue weighted by atomic mass is 9.74. The number of carboxylic acids is 1. The van der Waals surface area contributed by atoms with Crippen LogP contribution in [-0.4, -0.2) is 34.2 Å². The van der Waals surface area contributed by atoms with Gasteiger partial charge in [0.1, 0.15) is 6.04 Å². The largest absolute Gasteiger partial charge is 0.480 e. The average Bonchev–Trinajstić information content (AvgIpc) is 2.91. The van der Waals surface area contributed by atoms with Gasteiger partial charge in [-0.15, -0.1) is 0 Å². The van der Waals surface area contributed by atoms with Crippen LogP contribution in [0, 0.1) is 23.7 Å². The van der Waals surface area contributed by atoms with Gasteiger partial charge in [0.2, 0.25) is 5.91 Å². The molecule has 0 bridgehead atoms.